The van der Waals surface area contributed by atoms with Crippen LogP contribution in [0.15, 0.2) is 42.5 Å². The highest BCUT2D eigenvalue weighted by molar-refractivity contribution is 5.94. The van der Waals surface area contributed by atoms with Crippen LogP contribution in [0.4, 0.5) is 5.69 Å². The number of hydrogen-bond acceptors (Lipinski definition) is 4. The van der Waals surface area contributed by atoms with Gasteiger partial charge in [-0.3, -0.25) is 9.59 Å². The van der Waals surface area contributed by atoms with E-state index in [-0.39, 0.29) is 24.3 Å². The van der Waals surface area contributed by atoms with Crippen LogP contribution in [-0.2, 0) is 23.1 Å². The molecule has 0 saturated carbocycles. The molecule has 0 unspecified atom stereocenters. The molecule has 2 amide bonds. The molecule has 0 aliphatic rings. The lowest BCUT2D eigenvalue weighted by Gasteiger charge is -2.12. The van der Waals surface area contributed by atoms with Crippen LogP contribution in [0.3, 0.4) is 0 Å². The Morgan fingerprint density at radius 1 is 1.12 bits per heavy atom. The normalized spacial score (nSPS) is 11.0. The van der Waals surface area contributed by atoms with Crippen LogP contribution in [0.5, 0.6) is 5.75 Å². The molecule has 0 atom stereocenters. The molecule has 3 rings (SSSR count). The van der Waals surface area contributed by atoms with Crippen LogP contribution >= 0.6 is 0 Å². The van der Waals surface area contributed by atoms with Crippen molar-refractivity contribution in [3.63, 3.8) is 0 Å². The highest BCUT2D eigenvalue weighted by Gasteiger charge is 2.14. The summed E-state index contributed by atoms with van der Waals surface area (Å²) in [6.45, 7) is 6.49. The van der Waals surface area contributed by atoms with E-state index in [1.165, 1.54) is 0 Å². The molecule has 0 saturated heterocycles. The molecular weight excluding hydrogens is 404 g/mol. The van der Waals surface area contributed by atoms with Gasteiger partial charge in [-0.1, -0.05) is 32.0 Å². The Morgan fingerprint density at radius 3 is 2.59 bits per heavy atom. The van der Waals surface area contributed by atoms with Gasteiger partial charge < -0.3 is 19.9 Å². The van der Waals surface area contributed by atoms with E-state index in [9.17, 15) is 9.59 Å². The third-order valence-electron chi connectivity index (χ3n) is 5.71. The summed E-state index contributed by atoms with van der Waals surface area (Å²) in [6, 6.07) is 13.2. The largest absolute Gasteiger partial charge is 0.483 e. The van der Waals surface area contributed by atoms with Gasteiger partial charge in [-0.15, -0.1) is 0 Å². The Kier molecular flexibility index (Phi) is 7.87. The van der Waals surface area contributed by atoms with E-state index in [4.69, 9.17) is 9.72 Å². The molecule has 2 aromatic carbocycles. The van der Waals surface area contributed by atoms with Gasteiger partial charge in [-0.25, -0.2) is 4.98 Å². The van der Waals surface area contributed by atoms with Gasteiger partial charge in [0, 0.05) is 31.6 Å². The van der Waals surface area contributed by atoms with Gasteiger partial charge in [0.25, 0.3) is 5.91 Å². The van der Waals surface area contributed by atoms with Crippen LogP contribution in [0, 0.1) is 12.8 Å². The number of nitrogens with one attached hydrogen (secondary N) is 2. The number of nitrogens with zero attached hydrogens (tertiary/aromatic N) is 2. The van der Waals surface area contributed by atoms with E-state index in [0.29, 0.717) is 24.4 Å². The topological polar surface area (TPSA) is 85.2 Å². The maximum Gasteiger partial charge on any atom is 0.262 e. The van der Waals surface area contributed by atoms with Crippen molar-refractivity contribution in [2.45, 2.75) is 40.0 Å². The molecule has 1 aromatic heterocycles. The van der Waals surface area contributed by atoms with Gasteiger partial charge in [0.05, 0.1) is 11.0 Å². The lowest BCUT2D eigenvalue weighted by molar-refractivity contribution is -0.125. The Bertz CT molecular complexity index is 1090. The van der Waals surface area contributed by atoms with Gasteiger partial charge in [-0.05, 0) is 49.6 Å². The van der Waals surface area contributed by atoms with E-state index >= 15 is 0 Å². The van der Waals surface area contributed by atoms with Crippen molar-refractivity contribution in [1.29, 1.82) is 0 Å². The SMILES string of the molecule is CCC(CC)C(=O)NCCc1nc2cc(NC(=O)COc3ccccc3C)ccc2n1C. The van der Waals surface area contributed by atoms with Gasteiger partial charge in [0.2, 0.25) is 5.91 Å². The second-order valence-electron chi connectivity index (χ2n) is 7.95. The van der Waals surface area contributed by atoms with Crippen LogP contribution in [0.1, 0.15) is 38.1 Å². The number of rotatable bonds is 10. The quantitative estimate of drug-likeness (QED) is 0.503. The van der Waals surface area contributed by atoms with Gasteiger partial charge in [0.15, 0.2) is 6.61 Å². The molecule has 2 N–H and O–H groups in total. The first-order chi connectivity index (χ1) is 15.4. The van der Waals surface area contributed by atoms with Crippen molar-refractivity contribution in [2.75, 3.05) is 18.5 Å². The lowest BCUT2D eigenvalue weighted by atomic mass is 10.0. The number of amides is 2. The number of hydrogen-bond donors (Lipinski definition) is 2. The highest BCUT2D eigenvalue weighted by Crippen LogP contribution is 2.20. The number of aromatic nitrogens is 2. The van der Waals surface area contributed by atoms with Crippen LogP contribution in [0.2, 0.25) is 0 Å². The monoisotopic (exact) mass is 436 g/mol. The summed E-state index contributed by atoms with van der Waals surface area (Å²) >= 11 is 0. The van der Waals surface area contributed by atoms with Crippen molar-refractivity contribution < 1.29 is 14.3 Å². The summed E-state index contributed by atoms with van der Waals surface area (Å²) in [5.41, 5.74) is 3.42. The standard InChI is InChI=1S/C25H32N4O3/c1-5-18(6-2)25(31)26-14-13-23-28-20-15-19(11-12-21(20)29(23)4)27-24(30)16-32-22-10-8-7-9-17(22)3/h7-12,15,18H,5-6,13-14,16H2,1-4H3,(H,26,31)(H,27,30). The van der Waals surface area contributed by atoms with Crippen molar-refractivity contribution in [3.8, 4) is 5.75 Å². The molecule has 0 fully saturated rings. The van der Waals surface area contributed by atoms with Crippen LogP contribution < -0.4 is 15.4 Å². The molecular formula is C25H32N4O3. The van der Waals surface area contributed by atoms with Gasteiger partial charge >= 0.3 is 0 Å². The zero-order chi connectivity index (χ0) is 23.1. The number of fused-ring (bicyclic) bond motifs is 1. The summed E-state index contributed by atoms with van der Waals surface area (Å²) in [6.07, 6.45) is 2.33. The number of imidazole rings is 1. The predicted molar refractivity (Wildman–Crippen MR) is 127 cm³/mol. The lowest BCUT2D eigenvalue weighted by Crippen LogP contribution is -2.32. The minimum Gasteiger partial charge on any atom is -0.483 e. The summed E-state index contributed by atoms with van der Waals surface area (Å²) in [4.78, 5) is 29.2. The van der Waals surface area contributed by atoms with Gasteiger partial charge in [0.1, 0.15) is 11.6 Å². The molecule has 7 nitrogen and oxygen atoms in total. The Labute approximate surface area is 189 Å². The first kappa shape index (κ1) is 23.3. The molecule has 7 heteroatoms. The van der Waals surface area contributed by atoms with E-state index in [2.05, 4.69) is 10.6 Å². The number of anilines is 1. The number of aryl methyl sites for hydroxylation is 2. The summed E-state index contributed by atoms with van der Waals surface area (Å²) in [7, 11) is 1.96. The Balaban J connectivity index is 1.59. The van der Waals surface area contributed by atoms with E-state index in [1.807, 2.05) is 74.9 Å². The van der Waals surface area contributed by atoms with Crippen LogP contribution in [0.25, 0.3) is 11.0 Å². The average Bonchev–Trinajstić information content (AvgIpc) is 3.09. The molecule has 0 spiro atoms. The Morgan fingerprint density at radius 2 is 1.88 bits per heavy atom. The second kappa shape index (κ2) is 10.8. The van der Waals surface area contributed by atoms with E-state index in [1.54, 1.807) is 0 Å². The minimum atomic E-state index is -0.229. The zero-order valence-electron chi connectivity index (χ0n) is 19.3. The fraction of sp³-hybridized carbons (Fsp3) is 0.400. The molecule has 0 aliphatic heterocycles. The molecule has 170 valence electrons. The number of ether oxygens (including phenoxy) is 1. The maximum atomic E-state index is 12.3. The number of carbonyl (C=O) groups is 2. The fourth-order valence-corrected chi connectivity index (χ4v) is 3.71. The smallest absolute Gasteiger partial charge is 0.262 e. The first-order valence-electron chi connectivity index (χ1n) is 11.1. The summed E-state index contributed by atoms with van der Waals surface area (Å²) in [5.74, 6) is 1.52. The average molecular weight is 437 g/mol. The maximum absolute atomic E-state index is 12.3. The van der Waals surface area contributed by atoms with Gasteiger partial charge in [-0.2, -0.15) is 0 Å². The molecule has 0 radical (unpaired) electrons. The third kappa shape index (κ3) is 5.66. The van der Waals surface area contributed by atoms with Crippen molar-refractivity contribution in [3.05, 3.63) is 53.9 Å². The third-order valence-corrected chi connectivity index (χ3v) is 5.71. The Hall–Kier alpha value is -3.35. The molecule has 0 aliphatic carbocycles. The molecule has 1 heterocycles. The molecule has 3 aromatic rings. The number of carbonyl (C=O) groups excluding carboxylic acids is 2. The zero-order valence-corrected chi connectivity index (χ0v) is 19.3. The molecule has 32 heavy (non-hydrogen) atoms. The van der Waals surface area contributed by atoms with Crippen molar-refractivity contribution in [2.24, 2.45) is 13.0 Å². The van der Waals surface area contributed by atoms with E-state index in [0.717, 1.165) is 35.3 Å². The van der Waals surface area contributed by atoms with E-state index < -0.39 is 0 Å². The summed E-state index contributed by atoms with van der Waals surface area (Å²) < 4.78 is 7.63. The predicted octanol–water partition coefficient (Wildman–Crippen LogP) is 3.99. The summed E-state index contributed by atoms with van der Waals surface area (Å²) in [5, 5.41) is 5.88. The first-order valence-corrected chi connectivity index (χ1v) is 11.1. The van der Waals surface area contributed by atoms with Crippen molar-refractivity contribution in [1.82, 2.24) is 14.9 Å². The number of para-hydroxylation sites is 1. The molecule has 0 bridgehead atoms. The second-order valence-corrected chi connectivity index (χ2v) is 7.95. The minimum absolute atomic E-state index is 0.0629. The fourth-order valence-electron chi connectivity index (χ4n) is 3.71. The highest BCUT2D eigenvalue weighted by atomic mass is 16.5. The van der Waals surface area contributed by atoms with Crippen molar-refractivity contribution >= 4 is 28.5 Å². The van der Waals surface area contributed by atoms with Crippen LogP contribution in [-0.4, -0.2) is 34.5 Å². The number of benzene rings is 2.